The molecular weight excluding hydrogens is 252 g/mol. The number of carbonyl (C=O) groups excluding carboxylic acids is 1. The molecule has 0 fully saturated rings. The van der Waals surface area contributed by atoms with Crippen LogP contribution in [0.4, 0.5) is 0 Å². The predicted molar refractivity (Wildman–Crippen MR) is 71.5 cm³/mol. The Kier molecular flexibility index (Phi) is 6.06. The van der Waals surface area contributed by atoms with Gasteiger partial charge in [-0.15, -0.1) is 6.42 Å². The lowest BCUT2D eigenvalue weighted by Crippen LogP contribution is -2.29. The summed E-state index contributed by atoms with van der Waals surface area (Å²) in [5, 5.41) is 3.13. The zero-order valence-corrected chi connectivity index (χ0v) is 10.7. The number of rotatable bonds is 6. The van der Waals surface area contributed by atoms with E-state index in [0.717, 1.165) is 5.56 Å². The van der Waals surface area contributed by atoms with Crippen molar-refractivity contribution in [2.45, 2.75) is 6.42 Å². The molecule has 0 saturated heterocycles. The fraction of sp³-hybridized carbons (Fsp3) is 0.308. The summed E-state index contributed by atoms with van der Waals surface area (Å²) in [6.45, 7) is 0.597. The summed E-state index contributed by atoms with van der Waals surface area (Å²) >= 11 is 5.89. The average molecular weight is 267 g/mol. The average Bonchev–Trinajstić information content (AvgIpc) is 2.36. The Morgan fingerprint density at radius 2 is 2.33 bits per heavy atom. The third-order valence-electron chi connectivity index (χ3n) is 2.18. The Bertz CT molecular complexity index is 455. The second-order valence-electron chi connectivity index (χ2n) is 3.56. The standard InChI is InChI=1S/C13H15ClN2O2/c1-2-7-16-13(17)9-18-12-4-3-11(14)8-10(12)5-6-15/h1,3-4,8H,5-7,9,15H2,(H,16,17). The highest BCUT2D eigenvalue weighted by molar-refractivity contribution is 6.30. The number of nitrogens with one attached hydrogen (secondary N) is 1. The molecule has 5 heteroatoms. The third kappa shape index (κ3) is 4.66. The van der Waals surface area contributed by atoms with Gasteiger partial charge in [0.2, 0.25) is 0 Å². The largest absolute Gasteiger partial charge is 0.483 e. The number of benzene rings is 1. The summed E-state index contributed by atoms with van der Waals surface area (Å²) in [6, 6.07) is 5.21. The fourth-order valence-corrected chi connectivity index (χ4v) is 1.58. The maximum absolute atomic E-state index is 11.3. The molecular formula is C13H15ClN2O2. The fourth-order valence-electron chi connectivity index (χ4n) is 1.38. The van der Waals surface area contributed by atoms with Crippen LogP contribution in [-0.4, -0.2) is 25.6 Å². The first-order valence-electron chi connectivity index (χ1n) is 5.49. The minimum Gasteiger partial charge on any atom is -0.483 e. The molecule has 0 spiro atoms. The Morgan fingerprint density at radius 3 is 3.00 bits per heavy atom. The van der Waals surface area contributed by atoms with Gasteiger partial charge in [-0.2, -0.15) is 0 Å². The molecule has 1 amide bonds. The molecule has 0 aliphatic rings. The first kappa shape index (κ1) is 14.4. The van der Waals surface area contributed by atoms with Crippen molar-refractivity contribution in [3.8, 4) is 18.1 Å². The van der Waals surface area contributed by atoms with Gasteiger partial charge in [0.25, 0.3) is 5.91 Å². The second-order valence-corrected chi connectivity index (χ2v) is 4.00. The van der Waals surface area contributed by atoms with E-state index >= 15 is 0 Å². The summed E-state index contributed by atoms with van der Waals surface area (Å²) in [4.78, 5) is 11.3. The topological polar surface area (TPSA) is 64.3 Å². The van der Waals surface area contributed by atoms with E-state index in [4.69, 9.17) is 28.5 Å². The highest BCUT2D eigenvalue weighted by Gasteiger charge is 2.06. The van der Waals surface area contributed by atoms with Crippen molar-refractivity contribution in [2.24, 2.45) is 5.73 Å². The first-order chi connectivity index (χ1) is 8.67. The van der Waals surface area contributed by atoms with Gasteiger partial charge in [0.15, 0.2) is 6.61 Å². The minimum atomic E-state index is -0.262. The van der Waals surface area contributed by atoms with E-state index in [1.54, 1.807) is 18.2 Å². The normalized spacial score (nSPS) is 9.61. The van der Waals surface area contributed by atoms with Crippen LogP contribution in [0.5, 0.6) is 5.75 Å². The third-order valence-corrected chi connectivity index (χ3v) is 2.42. The molecule has 18 heavy (non-hydrogen) atoms. The van der Waals surface area contributed by atoms with Crippen LogP contribution in [0.2, 0.25) is 5.02 Å². The van der Waals surface area contributed by atoms with Gasteiger partial charge in [-0.1, -0.05) is 17.5 Å². The molecule has 0 aliphatic carbocycles. The zero-order valence-electron chi connectivity index (χ0n) is 9.91. The van der Waals surface area contributed by atoms with Gasteiger partial charge in [0.05, 0.1) is 6.54 Å². The van der Waals surface area contributed by atoms with Crippen LogP contribution in [0.1, 0.15) is 5.56 Å². The molecule has 0 saturated carbocycles. The van der Waals surface area contributed by atoms with Gasteiger partial charge in [-0.05, 0) is 36.7 Å². The lowest BCUT2D eigenvalue weighted by Gasteiger charge is -2.11. The van der Waals surface area contributed by atoms with Gasteiger partial charge >= 0.3 is 0 Å². The van der Waals surface area contributed by atoms with Crippen molar-refractivity contribution < 1.29 is 9.53 Å². The number of carbonyl (C=O) groups is 1. The van der Waals surface area contributed by atoms with Gasteiger partial charge in [-0.25, -0.2) is 0 Å². The van der Waals surface area contributed by atoms with Gasteiger partial charge in [-0.3, -0.25) is 4.79 Å². The Morgan fingerprint density at radius 1 is 1.56 bits per heavy atom. The molecule has 0 aliphatic heterocycles. The van der Waals surface area contributed by atoms with E-state index in [1.165, 1.54) is 0 Å². The van der Waals surface area contributed by atoms with Gasteiger partial charge in [0, 0.05) is 5.02 Å². The van der Waals surface area contributed by atoms with Crippen LogP contribution >= 0.6 is 11.6 Å². The van der Waals surface area contributed by atoms with E-state index in [9.17, 15) is 4.79 Å². The lowest BCUT2D eigenvalue weighted by atomic mass is 10.1. The number of terminal acetylenes is 1. The van der Waals surface area contributed by atoms with E-state index in [-0.39, 0.29) is 19.1 Å². The number of nitrogens with two attached hydrogens (primary N) is 1. The summed E-state index contributed by atoms with van der Waals surface area (Å²) in [5.74, 6) is 2.66. The molecule has 0 aromatic heterocycles. The first-order valence-corrected chi connectivity index (χ1v) is 5.86. The van der Waals surface area contributed by atoms with Gasteiger partial charge < -0.3 is 15.8 Å². The molecule has 0 bridgehead atoms. The van der Waals surface area contributed by atoms with Crippen LogP contribution in [-0.2, 0) is 11.2 Å². The van der Waals surface area contributed by atoms with Crippen molar-refractivity contribution in [3.63, 3.8) is 0 Å². The van der Waals surface area contributed by atoms with E-state index in [2.05, 4.69) is 11.2 Å². The summed E-state index contributed by atoms with van der Waals surface area (Å²) in [6.07, 6.45) is 5.67. The molecule has 0 unspecified atom stereocenters. The number of halogens is 1. The van der Waals surface area contributed by atoms with Crippen molar-refractivity contribution >= 4 is 17.5 Å². The summed E-state index contributed by atoms with van der Waals surface area (Å²) in [5.41, 5.74) is 6.39. The molecule has 0 atom stereocenters. The number of amides is 1. The number of hydrogen-bond acceptors (Lipinski definition) is 3. The molecule has 0 radical (unpaired) electrons. The summed E-state index contributed by atoms with van der Waals surface area (Å²) in [7, 11) is 0. The van der Waals surface area contributed by atoms with Crippen molar-refractivity contribution in [1.29, 1.82) is 0 Å². The minimum absolute atomic E-state index is 0.0825. The lowest BCUT2D eigenvalue weighted by molar-refractivity contribution is -0.122. The summed E-state index contributed by atoms with van der Waals surface area (Å²) < 4.78 is 5.41. The number of ether oxygens (including phenoxy) is 1. The highest BCUT2D eigenvalue weighted by Crippen LogP contribution is 2.23. The Balaban J connectivity index is 2.61. The SMILES string of the molecule is C#CCNC(=O)COc1ccc(Cl)cc1CCN. The van der Waals surface area contributed by atoms with Crippen LogP contribution in [0.3, 0.4) is 0 Å². The predicted octanol–water partition coefficient (Wildman–Crippen LogP) is 0.969. The number of hydrogen-bond donors (Lipinski definition) is 2. The van der Waals surface area contributed by atoms with E-state index in [0.29, 0.717) is 23.7 Å². The molecule has 1 rings (SSSR count). The second kappa shape index (κ2) is 7.59. The Labute approximate surface area is 111 Å². The van der Waals surface area contributed by atoms with Gasteiger partial charge in [0.1, 0.15) is 5.75 Å². The van der Waals surface area contributed by atoms with Crippen molar-refractivity contribution in [1.82, 2.24) is 5.32 Å². The molecule has 3 N–H and O–H groups in total. The van der Waals surface area contributed by atoms with Crippen LogP contribution in [0.15, 0.2) is 18.2 Å². The molecule has 1 aromatic carbocycles. The van der Waals surface area contributed by atoms with Crippen molar-refractivity contribution in [3.05, 3.63) is 28.8 Å². The molecule has 4 nitrogen and oxygen atoms in total. The monoisotopic (exact) mass is 266 g/mol. The van der Waals surface area contributed by atoms with Crippen LogP contribution in [0.25, 0.3) is 0 Å². The Hall–Kier alpha value is -1.70. The van der Waals surface area contributed by atoms with Crippen LogP contribution < -0.4 is 15.8 Å². The molecule has 0 heterocycles. The van der Waals surface area contributed by atoms with E-state index in [1.807, 2.05) is 0 Å². The van der Waals surface area contributed by atoms with Crippen molar-refractivity contribution in [2.75, 3.05) is 19.7 Å². The van der Waals surface area contributed by atoms with Crippen LogP contribution in [0, 0.1) is 12.3 Å². The zero-order chi connectivity index (χ0) is 13.4. The smallest absolute Gasteiger partial charge is 0.258 e. The highest BCUT2D eigenvalue weighted by atomic mass is 35.5. The molecule has 96 valence electrons. The maximum Gasteiger partial charge on any atom is 0.258 e. The molecule has 1 aromatic rings. The quantitative estimate of drug-likeness (QED) is 0.754. The maximum atomic E-state index is 11.3. The van der Waals surface area contributed by atoms with E-state index < -0.39 is 0 Å².